The Bertz CT molecular complexity index is 1030. The molecule has 2 atom stereocenters. The Morgan fingerprint density at radius 2 is 1.82 bits per heavy atom. The van der Waals surface area contributed by atoms with Crippen LogP contribution in [-0.2, 0) is 11.3 Å². The van der Waals surface area contributed by atoms with Gasteiger partial charge < -0.3 is 14.6 Å². The van der Waals surface area contributed by atoms with E-state index in [0.717, 1.165) is 29.1 Å². The smallest absolute Gasteiger partial charge is 0.227 e. The van der Waals surface area contributed by atoms with Crippen LogP contribution >= 0.6 is 0 Å². The molecule has 1 aromatic heterocycles. The second kappa shape index (κ2) is 12.5. The Hall–Kier alpha value is -2.93. The number of aryl methyl sites for hydroxylation is 2. The monoisotopic (exact) mass is 463 g/mol. The zero-order valence-electron chi connectivity index (χ0n) is 20.8. The van der Waals surface area contributed by atoms with E-state index < -0.39 is 6.10 Å². The first-order valence-electron chi connectivity index (χ1n) is 11.9. The van der Waals surface area contributed by atoms with Gasteiger partial charge in [-0.05, 0) is 51.5 Å². The molecule has 34 heavy (non-hydrogen) atoms. The quantitative estimate of drug-likeness (QED) is 0.270. The molecule has 1 N–H and O–H groups in total. The van der Waals surface area contributed by atoms with Crippen LogP contribution in [0.4, 0.5) is 0 Å². The first-order valence-corrected chi connectivity index (χ1v) is 11.9. The Kier molecular flexibility index (Phi) is 9.45. The molecule has 0 bridgehead atoms. The van der Waals surface area contributed by atoms with Crippen molar-refractivity contribution in [2.45, 2.75) is 52.8 Å². The lowest BCUT2D eigenvalue weighted by molar-refractivity contribution is 0.0155. The summed E-state index contributed by atoms with van der Waals surface area (Å²) in [4.78, 5) is 2.27. The highest BCUT2D eigenvalue weighted by atomic mass is 16.5. The fourth-order valence-electron chi connectivity index (χ4n) is 3.76. The number of hydrogen-bond acceptors (Lipinski definition) is 5. The Labute approximate surface area is 203 Å². The standard InChI is InChI=1S/C28H37N3O3/c1-6-17-33-20-25(32)18-30(22(4)7-2)19-27-23(5)29-31(24-11-9-8-10-12-24)28(27)34-26-15-13-21(3)14-16-26/h6,8-16,22,25,32H,1,7,17-20H2,2-5H3/t22-,25-/m1/s1. The number of aliphatic hydroxyl groups is 1. The lowest BCUT2D eigenvalue weighted by atomic mass is 10.1. The summed E-state index contributed by atoms with van der Waals surface area (Å²) in [6, 6.07) is 18.3. The average Bonchev–Trinajstić information content (AvgIpc) is 3.15. The van der Waals surface area contributed by atoms with Crippen molar-refractivity contribution in [2.75, 3.05) is 19.8 Å². The van der Waals surface area contributed by atoms with Crippen LogP contribution in [0, 0.1) is 13.8 Å². The highest BCUT2D eigenvalue weighted by Gasteiger charge is 2.24. The van der Waals surface area contributed by atoms with E-state index in [-0.39, 0.29) is 12.6 Å². The molecule has 0 saturated heterocycles. The molecule has 2 aromatic carbocycles. The molecule has 0 fully saturated rings. The molecule has 0 unspecified atom stereocenters. The Morgan fingerprint density at radius 3 is 2.47 bits per heavy atom. The number of nitrogens with zero attached hydrogens (tertiary/aromatic N) is 3. The van der Waals surface area contributed by atoms with E-state index in [0.29, 0.717) is 25.6 Å². The SMILES string of the molecule is C=CCOC[C@H](O)CN(Cc1c(C)nn(-c2ccccc2)c1Oc1ccc(C)cc1)[C@H](C)CC. The third-order valence-corrected chi connectivity index (χ3v) is 5.94. The molecule has 0 aliphatic rings. The van der Waals surface area contributed by atoms with Crippen LogP contribution in [0.25, 0.3) is 5.69 Å². The van der Waals surface area contributed by atoms with Crippen LogP contribution in [-0.4, -0.2) is 51.7 Å². The van der Waals surface area contributed by atoms with E-state index in [1.54, 1.807) is 6.08 Å². The molecule has 0 spiro atoms. The number of benzene rings is 2. The van der Waals surface area contributed by atoms with Crippen LogP contribution in [0.2, 0.25) is 0 Å². The van der Waals surface area contributed by atoms with Gasteiger partial charge in [0.05, 0.1) is 36.3 Å². The van der Waals surface area contributed by atoms with E-state index in [4.69, 9.17) is 14.6 Å². The third kappa shape index (κ3) is 6.79. The number of rotatable bonds is 13. The van der Waals surface area contributed by atoms with Crippen molar-refractivity contribution in [1.29, 1.82) is 0 Å². The molecule has 0 amide bonds. The Balaban J connectivity index is 1.94. The molecule has 0 aliphatic heterocycles. The summed E-state index contributed by atoms with van der Waals surface area (Å²) < 4.78 is 13.8. The van der Waals surface area contributed by atoms with Gasteiger partial charge in [0, 0.05) is 19.1 Å². The molecule has 3 aromatic rings. The lowest BCUT2D eigenvalue weighted by Gasteiger charge is -2.30. The fourth-order valence-corrected chi connectivity index (χ4v) is 3.76. The van der Waals surface area contributed by atoms with Crippen LogP contribution in [0.5, 0.6) is 11.6 Å². The van der Waals surface area contributed by atoms with Crippen LogP contribution in [0.1, 0.15) is 37.1 Å². The van der Waals surface area contributed by atoms with Gasteiger partial charge in [0.25, 0.3) is 0 Å². The largest absolute Gasteiger partial charge is 0.439 e. The molecule has 182 valence electrons. The first-order chi connectivity index (χ1) is 16.4. The number of aromatic nitrogens is 2. The van der Waals surface area contributed by atoms with Gasteiger partial charge in [0.1, 0.15) is 5.75 Å². The van der Waals surface area contributed by atoms with Gasteiger partial charge in [-0.25, -0.2) is 4.68 Å². The van der Waals surface area contributed by atoms with Crippen LogP contribution in [0.3, 0.4) is 0 Å². The van der Waals surface area contributed by atoms with Crippen molar-refractivity contribution >= 4 is 0 Å². The molecular weight excluding hydrogens is 426 g/mol. The maximum Gasteiger partial charge on any atom is 0.227 e. The highest BCUT2D eigenvalue weighted by molar-refractivity contribution is 5.43. The summed E-state index contributed by atoms with van der Waals surface area (Å²) in [6.07, 6.45) is 2.05. The number of aliphatic hydroxyl groups excluding tert-OH is 1. The molecule has 6 nitrogen and oxygen atoms in total. The van der Waals surface area contributed by atoms with E-state index in [1.165, 1.54) is 5.56 Å². The van der Waals surface area contributed by atoms with Gasteiger partial charge in [0.2, 0.25) is 5.88 Å². The normalized spacial score (nSPS) is 13.1. The average molecular weight is 464 g/mol. The summed E-state index contributed by atoms with van der Waals surface area (Å²) in [6.45, 7) is 13.9. The van der Waals surface area contributed by atoms with Gasteiger partial charge in [-0.3, -0.25) is 4.90 Å². The second-order valence-electron chi connectivity index (χ2n) is 8.70. The number of hydrogen-bond donors (Lipinski definition) is 1. The minimum atomic E-state index is -0.597. The fraction of sp³-hybridized carbons (Fsp3) is 0.393. The van der Waals surface area contributed by atoms with Crippen molar-refractivity contribution in [2.24, 2.45) is 0 Å². The van der Waals surface area contributed by atoms with Crippen molar-refractivity contribution in [3.05, 3.63) is 84.1 Å². The van der Waals surface area contributed by atoms with Crippen molar-refractivity contribution in [3.63, 3.8) is 0 Å². The molecule has 0 saturated carbocycles. The number of para-hydroxylation sites is 1. The van der Waals surface area contributed by atoms with Crippen LogP contribution in [0.15, 0.2) is 67.3 Å². The molecule has 1 heterocycles. The summed E-state index contributed by atoms with van der Waals surface area (Å²) in [7, 11) is 0. The second-order valence-corrected chi connectivity index (χ2v) is 8.70. The molecule has 3 rings (SSSR count). The summed E-state index contributed by atoms with van der Waals surface area (Å²) in [5.41, 5.74) is 4.02. The van der Waals surface area contributed by atoms with Crippen molar-refractivity contribution < 1.29 is 14.6 Å². The predicted octanol–water partition coefficient (Wildman–Crippen LogP) is 5.45. The van der Waals surface area contributed by atoms with E-state index in [9.17, 15) is 5.11 Å². The van der Waals surface area contributed by atoms with Gasteiger partial charge in [-0.2, -0.15) is 5.10 Å². The third-order valence-electron chi connectivity index (χ3n) is 5.94. The first kappa shape index (κ1) is 25.7. The van der Waals surface area contributed by atoms with Crippen molar-refractivity contribution in [1.82, 2.24) is 14.7 Å². The van der Waals surface area contributed by atoms with E-state index >= 15 is 0 Å². The molecule has 0 aliphatic carbocycles. The van der Waals surface area contributed by atoms with Gasteiger partial charge in [0.15, 0.2) is 0 Å². The van der Waals surface area contributed by atoms with Crippen LogP contribution < -0.4 is 4.74 Å². The lowest BCUT2D eigenvalue weighted by Crippen LogP contribution is -2.40. The van der Waals surface area contributed by atoms with E-state index in [2.05, 4.69) is 32.3 Å². The van der Waals surface area contributed by atoms with Gasteiger partial charge >= 0.3 is 0 Å². The maximum atomic E-state index is 10.6. The van der Waals surface area contributed by atoms with E-state index in [1.807, 2.05) is 66.2 Å². The highest BCUT2D eigenvalue weighted by Crippen LogP contribution is 2.32. The maximum absolute atomic E-state index is 10.6. The topological polar surface area (TPSA) is 59.8 Å². The summed E-state index contributed by atoms with van der Waals surface area (Å²) in [5.74, 6) is 1.45. The molecular formula is C28H37N3O3. The number of ether oxygens (including phenoxy) is 2. The van der Waals surface area contributed by atoms with Gasteiger partial charge in [-0.1, -0.05) is 48.9 Å². The summed E-state index contributed by atoms with van der Waals surface area (Å²) >= 11 is 0. The van der Waals surface area contributed by atoms with Gasteiger partial charge in [-0.15, -0.1) is 6.58 Å². The summed E-state index contributed by atoms with van der Waals surface area (Å²) in [5, 5.41) is 15.4. The Morgan fingerprint density at radius 1 is 1.12 bits per heavy atom. The zero-order chi connectivity index (χ0) is 24.5. The zero-order valence-corrected chi connectivity index (χ0v) is 20.8. The van der Waals surface area contributed by atoms with Crippen molar-refractivity contribution in [3.8, 4) is 17.3 Å². The minimum Gasteiger partial charge on any atom is -0.439 e. The minimum absolute atomic E-state index is 0.265. The molecule has 0 radical (unpaired) electrons. The molecule has 6 heteroatoms. The predicted molar refractivity (Wildman–Crippen MR) is 137 cm³/mol.